The molecule has 6 heteroatoms. The molecule has 18 heavy (non-hydrogen) atoms. The molecular formula is C12H14ClN3O2. The minimum Gasteiger partial charge on any atom is -0.393 e. The number of halogens is 1. The highest BCUT2D eigenvalue weighted by molar-refractivity contribution is 6.32. The number of hydrogen-bond acceptors (Lipinski definition) is 4. The zero-order valence-corrected chi connectivity index (χ0v) is 10.7. The first-order valence-electron chi connectivity index (χ1n) is 5.86. The molecular weight excluding hydrogens is 254 g/mol. The summed E-state index contributed by atoms with van der Waals surface area (Å²) < 4.78 is 1.92. The van der Waals surface area contributed by atoms with Crippen LogP contribution in [0.1, 0.15) is 30.3 Å². The van der Waals surface area contributed by atoms with E-state index in [1.807, 2.05) is 17.5 Å². The van der Waals surface area contributed by atoms with E-state index in [0.717, 1.165) is 17.0 Å². The van der Waals surface area contributed by atoms with Crippen LogP contribution in [0, 0.1) is 6.92 Å². The van der Waals surface area contributed by atoms with Crippen molar-refractivity contribution in [3.05, 3.63) is 29.1 Å². The fourth-order valence-electron chi connectivity index (χ4n) is 2.65. The van der Waals surface area contributed by atoms with Crippen molar-refractivity contribution in [2.45, 2.75) is 31.3 Å². The van der Waals surface area contributed by atoms with Crippen LogP contribution in [0.15, 0.2) is 12.4 Å². The zero-order valence-electron chi connectivity index (χ0n) is 9.97. The summed E-state index contributed by atoms with van der Waals surface area (Å²) in [5.74, 6) is 1.03. The molecule has 0 spiro atoms. The normalized spacial score (nSPS) is 27.4. The SMILES string of the molecule is Cc1nc(C2CC(O)(CO)C2)n2ccnc(Cl)c12. The Morgan fingerprint density at radius 1 is 1.56 bits per heavy atom. The molecule has 1 aliphatic carbocycles. The van der Waals surface area contributed by atoms with Crippen LogP contribution < -0.4 is 0 Å². The summed E-state index contributed by atoms with van der Waals surface area (Å²) in [5.41, 5.74) is 0.706. The average molecular weight is 268 g/mol. The Hall–Kier alpha value is -1.17. The van der Waals surface area contributed by atoms with E-state index in [-0.39, 0.29) is 12.5 Å². The van der Waals surface area contributed by atoms with E-state index in [1.54, 1.807) is 6.20 Å². The second-order valence-electron chi connectivity index (χ2n) is 4.98. The van der Waals surface area contributed by atoms with Gasteiger partial charge in [0.05, 0.1) is 17.9 Å². The molecule has 1 aliphatic rings. The van der Waals surface area contributed by atoms with Gasteiger partial charge in [-0.05, 0) is 19.8 Å². The van der Waals surface area contributed by atoms with Crippen LogP contribution >= 0.6 is 11.6 Å². The van der Waals surface area contributed by atoms with Crippen LogP contribution in [0.2, 0.25) is 5.15 Å². The summed E-state index contributed by atoms with van der Waals surface area (Å²) in [6.45, 7) is 1.69. The van der Waals surface area contributed by atoms with Crippen LogP contribution in [0.5, 0.6) is 0 Å². The molecule has 0 aliphatic heterocycles. The molecule has 0 saturated heterocycles. The predicted molar refractivity (Wildman–Crippen MR) is 66.7 cm³/mol. The molecule has 0 unspecified atom stereocenters. The summed E-state index contributed by atoms with van der Waals surface area (Å²) in [4.78, 5) is 8.56. The smallest absolute Gasteiger partial charge is 0.154 e. The van der Waals surface area contributed by atoms with E-state index in [9.17, 15) is 5.11 Å². The Bertz CT molecular complexity index is 605. The molecule has 2 aromatic rings. The molecule has 2 N–H and O–H groups in total. The summed E-state index contributed by atoms with van der Waals surface area (Å²) in [6.07, 6.45) is 4.52. The fourth-order valence-corrected chi connectivity index (χ4v) is 2.93. The van der Waals surface area contributed by atoms with Gasteiger partial charge < -0.3 is 10.2 Å². The Labute approximate surface area is 109 Å². The standard InChI is InChI=1S/C12H14ClN3O2/c1-7-9-10(13)14-2-3-16(9)11(15-7)8-4-12(18,5-8)6-17/h2-3,8,17-18H,4-6H2,1H3. The lowest BCUT2D eigenvalue weighted by Gasteiger charge is -2.41. The van der Waals surface area contributed by atoms with Gasteiger partial charge in [0, 0.05) is 18.3 Å². The van der Waals surface area contributed by atoms with Gasteiger partial charge in [0.25, 0.3) is 0 Å². The van der Waals surface area contributed by atoms with Gasteiger partial charge in [-0.1, -0.05) is 11.6 Å². The molecule has 96 valence electrons. The van der Waals surface area contributed by atoms with Gasteiger partial charge in [-0.2, -0.15) is 0 Å². The minimum absolute atomic E-state index is 0.154. The van der Waals surface area contributed by atoms with Crippen molar-refractivity contribution in [3.8, 4) is 0 Å². The number of aliphatic hydroxyl groups excluding tert-OH is 1. The topological polar surface area (TPSA) is 70.7 Å². The molecule has 3 rings (SSSR count). The van der Waals surface area contributed by atoms with Crippen LogP contribution in [0.3, 0.4) is 0 Å². The van der Waals surface area contributed by atoms with Crippen molar-refractivity contribution in [2.24, 2.45) is 0 Å². The van der Waals surface area contributed by atoms with E-state index in [0.29, 0.717) is 18.0 Å². The molecule has 0 aromatic carbocycles. The number of fused-ring (bicyclic) bond motifs is 1. The van der Waals surface area contributed by atoms with Crippen molar-refractivity contribution < 1.29 is 10.2 Å². The molecule has 0 bridgehead atoms. The first-order chi connectivity index (χ1) is 8.54. The second-order valence-corrected chi connectivity index (χ2v) is 5.34. The zero-order chi connectivity index (χ0) is 12.9. The van der Waals surface area contributed by atoms with E-state index < -0.39 is 5.60 Å². The summed E-state index contributed by atoms with van der Waals surface area (Å²) in [7, 11) is 0. The number of imidazole rings is 1. The molecule has 2 aromatic heterocycles. The third-order valence-corrected chi connectivity index (χ3v) is 3.90. The molecule has 2 heterocycles. The molecule has 1 saturated carbocycles. The van der Waals surface area contributed by atoms with Crippen molar-refractivity contribution in [3.63, 3.8) is 0 Å². The molecule has 0 radical (unpaired) electrons. The lowest BCUT2D eigenvalue weighted by Crippen LogP contribution is -2.46. The maximum atomic E-state index is 9.86. The van der Waals surface area contributed by atoms with Crippen LogP contribution in [-0.2, 0) is 0 Å². The van der Waals surface area contributed by atoms with Crippen molar-refractivity contribution in [1.82, 2.24) is 14.4 Å². The lowest BCUT2D eigenvalue weighted by atomic mass is 9.71. The van der Waals surface area contributed by atoms with E-state index in [2.05, 4.69) is 9.97 Å². The maximum absolute atomic E-state index is 9.86. The first-order valence-corrected chi connectivity index (χ1v) is 6.24. The monoisotopic (exact) mass is 267 g/mol. The Morgan fingerprint density at radius 3 is 2.94 bits per heavy atom. The van der Waals surface area contributed by atoms with Gasteiger partial charge in [-0.25, -0.2) is 9.97 Å². The third-order valence-electron chi connectivity index (χ3n) is 3.62. The highest BCUT2D eigenvalue weighted by Crippen LogP contribution is 2.44. The quantitative estimate of drug-likeness (QED) is 0.860. The highest BCUT2D eigenvalue weighted by atomic mass is 35.5. The minimum atomic E-state index is -0.943. The number of rotatable bonds is 2. The molecule has 0 atom stereocenters. The largest absolute Gasteiger partial charge is 0.393 e. The number of aliphatic hydroxyl groups is 2. The fraction of sp³-hybridized carbons (Fsp3) is 0.500. The molecule has 1 fully saturated rings. The van der Waals surface area contributed by atoms with E-state index >= 15 is 0 Å². The van der Waals surface area contributed by atoms with Crippen molar-refractivity contribution in [2.75, 3.05) is 6.61 Å². The van der Waals surface area contributed by atoms with Crippen molar-refractivity contribution >= 4 is 17.1 Å². The van der Waals surface area contributed by atoms with Gasteiger partial charge in [0.2, 0.25) is 0 Å². The van der Waals surface area contributed by atoms with Gasteiger partial charge in [0.15, 0.2) is 5.15 Å². The number of hydrogen-bond donors (Lipinski definition) is 2. The summed E-state index contributed by atoms with van der Waals surface area (Å²) in [6, 6.07) is 0. The van der Waals surface area contributed by atoms with Crippen molar-refractivity contribution in [1.29, 1.82) is 0 Å². The first kappa shape index (κ1) is 11.9. The highest BCUT2D eigenvalue weighted by Gasteiger charge is 2.44. The van der Waals surface area contributed by atoms with E-state index in [4.69, 9.17) is 16.7 Å². The average Bonchev–Trinajstić information content (AvgIpc) is 2.64. The number of aromatic nitrogens is 3. The van der Waals surface area contributed by atoms with Crippen LogP contribution in [0.25, 0.3) is 5.52 Å². The van der Waals surface area contributed by atoms with Crippen LogP contribution in [-0.4, -0.2) is 36.8 Å². The van der Waals surface area contributed by atoms with Gasteiger partial charge in [-0.3, -0.25) is 4.40 Å². The Morgan fingerprint density at radius 2 is 2.28 bits per heavy atom. The van der Waals surface area contributed by atoms with Gasteiger partial charge in [-0.15, -0.1) is 0 Å². The molecule has 5 nitrogen and oxygen atoms in total. The lowest BCUT2D eigenvalue weighted by molar-refractivity contribution is -0.0882. The maximum Gasteiger partial charge on any atom is 0.154 e. The van der Waals surface area contributed by atoms with Gasteiger partial charge in [0.1, 0.15) is 11.3 Å². The number of aryl methyl sites for hydroxylation is 1. The molecule has 0 amide bonds. The summed E-state index contributed by atoms with van der Waals surface area (Å²) in [5, 5.41) is 19.4. The Kier molecular flexibility index (Phi) is 2.59. The second kappa shape index (κ2) is 3.91. The van der Waals surface area contributed by atoms with E-state index in [1.165, 1.54) is 0 Å². The predicted octanol–water partition coefficient (Wildman–Crippen LogP) is 1.29. The third kappa shape index (κ3) is 1.62. The van der Waals surface area contributed by atoms with Crippen LogP contribution in [0.4, 0.5) is 0 Å². The number of nitrogens with zero attached hydrogens (tertiary/aromatic N) is 3. The Balaban J connectivity index is 2.02. The summed E-state index contributed by atoms with van der Waals surface area (Å²) >= 11 is 6.06. The van der Waals surface area contributed by atoms with Gasteiger partial charge >= 0.3 is 0 Å².